The van der Waals surface area contributed by atoms with Gasteiger partial charge in [-0.15, -0.1) is 11.3 Å². The number of rotatable bonds is 6. The van der Waals surface area contributed by atoms with Crippen LogP contribution in [0.5, 0.6) is 0 Å². The third kappa shape index (κ3) is 4.41. The van der Waals surface area contributed by atoms with Gasteiger partial charge in [0.25, 0.3) is 5.56 Å². The molecule has 3 heterocycles. The van der Waals surface area contributed by atoms with Gasteiger partial charge in [0, 0.05) is 22.6 Å². The van der Waals surface area contributed by atoms with E-state index in [9.17, 15) is 14.0 Å². The van der Waals surface area contributed by atoms with Crippen molar-refractivity contribution in [1.29, 1.82) is 0 Å². The molecule has 0 aliphatic rings. The number of carbonyl (C=O) groups excluding carboxylic acids is 1. The molecule has 5 rings (SSSR count). The predicted molar refractivity (Wildman–Crippen MR) is 128 cm³/mol. The highest BCUT2D eigenvalue weighted by atomic mass is 32.1. The highest BCUT2D eigenvalue weighted by Gasteiger charge is 2.15. The highest BCUT2D eigenvalue weighted by molar-refractivity contribution is 7.13. The number of halogens is 1. The summed E-state index contributed by atoms with van der Waals surface area (Å²) in [5, 5.41) is 9.41. The van der Waals surface area contributed by atoms with Crippen LogP contribution < -0.4 is 10.9 Å². The van der Waals surface area contributed by atoms with E-state index in [1.165, 1.54) is 29.7 Å². The van der Waals surface area contributed by atoms with Crippen LogP contribution >= 0.6 is 11.3 Å². The first-order chi connectivity index (χ1) is 16.6. The number of carbonyl (C=O) groups is 1. The summed E-state index contributed by atoms with van der Waals surface area (Å²) in [7, 11) is 0. The molecule has 1 amide bonds. The van der Waals surface area contributed by atoms with Crippen LogP contribution in [0.2, 0.25) is 0 Å². The molecule has 0 atom stereocenters. The minimum absolute atomic E-state index is 0.279. The smallest absolute Gasteiger partial charge is 0.267 e. The van der Waals surface area contributed by atoms with Crippen LogP contribution in [0.3, 0.4) is 0 Å². The van der Waals surface area contributed by atoms with E-state index < -0.39 is 11.5 Å². The Morgan fingerprint density at radius 2 is 1.76 bits per heavy atom. The monoisotopic (exact) mass is 472 g/mol. The molecule has 5 aromatic rings. The quantitative estimate of drug-likeness (QED) is 0.373. The lowest BCUT2D eigenvalue weighted by molar-refractivity contribution is -0.117. The zero-order chi connectivity index (χ0) is 23.5. The molecule has 9 heteroatoms. The Morgan fingerprint density at radius 3 is 2.56 bits per heavy atom. The predicted octanol–water partition coefficient (Wildman–Crippen LogP) is 5.07. The van der Waals surface area contributed by atoms with Gasteiger partial charge in [0.15, 0.2) is 5.76 Å². The van der Waals surface area contributed by atoms with Gasteiger partial charge in [-0.1, -0.05) is 30.3 Å². The van der Waals surface area contributed by atoms with Crippen molar-refractivity contribution in [3.8, 4) is 33.3 Å². The van der Waals surface area contributed by atoms with Crippen molar-refractivity contribution in [1.82, 2.24) is 14.8 Å². The number of anilines is 1. The van der Waals surface area contributed by atoms with Crippen LogP contribution in [-0.4, -0.2) is 20.7 Å². The number of hydrogen-bond donors (Lipinski definition) is 1. The molecule has 0 aliphatic heterocycles. The molecule has 0 saturated heterocycles. The zero-order valence-electron chi connectivity index (χ0n) is 17.6. The third-order valence-electron chi connectivity index (χ3n) is 5.02. The summed E-state index contributed by atoms with van der Waals surface area (Å²) < 4.78 is 20.6. The average Bonchev–Trinajstić information content (AvgIpc) is 3.54. The van der Waals surface area contributed by atoms with Crippen LogP contribution in [0, 0.1) is 5.82 Å². The Bertz CT molecular complexity index is 1530. The Balaban J connectivity index is 1.38. The summed E-state index contributed by atoms with van der Waals surface area (Å²) >= 11 is 1.32. The number of hydrogen-bond acceptors (Lipinski definition) is 6. The van der Waals surface area contributed by atoms with Gasteiger partial charge in [-0.2, -0.15) is 5.10 Å². The maximum absolute atomic E-state index is 14.2. The van der Waals surface area contributed by atoms with Gasteiger partial charge in [0.05, 0.1) is 17.6 Å². The number of amides is 1. The van der Waals surface area contributed by atoms with E-state index in [2.05, 4.69) is 15.4 Å². The minimum Gasteiger partial charge on any atom is -0.463 e. The van der Waals surface area contributed by atoms with E-state index in [4.69, 9.17) is 4.42 Å². The molecule has 0 radical (unpaired) electrons. The van der Waals surface area contributed by atoms with Crippen molar-refractivity contribution in [3.05, 3.63) is 101 Å². The van der Waals surface area contributed by atoms with Gasteiger partial charge >= 0.3 is 0 Å². The summed E-state index contributed by atoms with van der Waals surface area (Å²) in [6.07, 6.45) is 1.51. The second kappa shape index (κ2) is 9.24. The molecule has 168 valence electrons. The van der Waals surface area contributed by atoms with Crippen molar-refractivity contribution in [3.63, 3.8) is 0 Å². The van der Waals surface area contributed by atoms with Crippen molar-refractivity contribution in [2.45, 2.75) is 6.54 Å². The Hall–Kier alpha value is -4.37. The van der Waals surface area contributed by atoms with Crippen molar-refractivity contribution < 1.29 is 13.6 Å². The van der Waals surface area contributed by atoms with Gasteiger partial charge < -0.3 is 9.73 Å². The van der Waals surface area contributed by atoms with E-state index >= 15 is 0 Å². The average molecular weight is 473 g/mol. The summed E-state index contributed by atoms with van der Waals surface area (Å²) in [6, 6.07) is 19.9. The lowest BCUT2D eigenvalue weighted by atomic mass is 10.1. The highest BCUT2D eigenvalue weighted by Crippen LogP contribution is 2.33. The molecule has 2 aromatic carbocycles. The Labute approximate surface area is 197 Å². The molecule has 1 N–H and O–H groups in total. The molecule has 0 saturated carbocycles. The lowest BCUT2D eigenvalue weighted by Gasteiger charge is -2.10. The van der Waals surface area contributed by atoms with Gasteiger partial charge in [-0.05, 0) is 36.4 Å². The van der Waals surface area contributed by atoms with Gasteiger partial charge in [-0.25, -0.2) is 14.1 Å². The van der Waals surface area contributed by atoms with E-state index in [1.54, 1.807) is 48.5 Å². The molecule has 34 heavy (non-hydrogen) atoms. The summed E-state index contributed by atoms with van der Waals surface area (Å²) in [5.41, 5.74) is 2.26. The van der Waals surface area contributed by atoms with Gasteiger partial charge in [0.2, 0.25) is 5.91 Å². The zero-order valence-corrected chi connectivity index (χ0v) is 18.5. The number of nitrogens with zero attached hydrogens (tertiary/aromatic N) is 3. The molecule has 0 bridgehead atoms. The SMILES string of the molecule is O=C(Cn1nc(-c2ccco2)ccc1=O)Nc1ccccc1-c1csc(-c2ccccc2F)n1. The van der Waals surface area contributed by atoms with Gasteiger partial charge in [-0.3, -0.25) is 9.59 Å². The fraction of sp³-hybridized carbons (Fsp3) is 0.0400. The van der Waals surface area contributed by atoms with Crippen molar-refractivity contribution in [2.75, 3.05) is 5.32 Å². The number of benzene rings is 2. The molecule has 0 spiro atoms. The topological polar surface area (TPSA) is 90.0 Å². The summed E-state index contributed by atoms with van der Waals surface area (Å²) in [6.45, 7) is -0.279. The molecule has 0 fully saturated rings. The number of nitrogens with one attached hydrogen (secondary N) is 1. The van der Waals surface area contributed by atoms with E-state index in [-0.39, 0.29) is 12.4 Å². The second-order valence-corrected chi connectivity index (χ2v) is 8.16. The maximum Gasteiger partial charge on any atom is 0.267 e. The summed E-state index contributed by atoms with van der Waals surface area (Å²) in [4.78, 5) is 29.6. The summed E-state index contributed by atoms with van der Waals surface area (Å²) in [5.74, 6) is -0.281. The first kappa shape index (κ1) is 21.5. The van der Waals surface area contributed by atoms with E-state index in [1.807, 2.05) is 17.5 Å². The normalized spacial score (nSPS) is 10.9. The van der Waals surface area contributed by atoms with Crippen molar-refractivity contribution in [2.24, 2.45) is 0 Å². The number of thiazole rings is 1. The van der Waals surface area contributed by atoms with E-state index in [0.29, 0.717) is 39.0 Å². The van der Waals surface area contributed by atoms with E-state index in [0.717, 1.165) is 4.68 Å². The number of aromatic nitrogens is 3. The Kier molecular flexibility index (Phi) is 5.84. The van der Waals surface area contributed by atoms with Crippen LogP contribution in [-0.2, 0) is 11.3 Å². The number of furan rings is 1. The molecular formula is C25H17FN4O3S. The number of para-hydroxylation sites is 1. The standard InChI is InChI=1S/C25H17FN4O3S/c26-18-8-3-1-6-16(18)25-28-21(15-34-25)17-7-2-4-9-19(17)27-23(31)14-30-24(32)12-11-20(29-30)22-10-5-13-33-22/h1-13,15H,14H2,(H,27,31). The van der Waals surface area contributed by atoms with Crippen LogP contribution in [0.1, 0.15) is 0 Å². The second-order valence-electron chi connectivity index (χ2n) is 7.30. The fourth-order valence-corrected chi connectivity index (χ4v) is 4.26. The maximum atomic E-state index is 14.2. The largest absolute Gasteiger partial charge is 0.463 e. The first-order valence-electron chi connectivity index (χ1n) is 10.3. The molecular weight excluding hydrogens is 455 g/mol. The lowest BCUT2D eigenvalue weighted by Crippen LogP contribution is -2.29. The van der Waals surface area contributed by atoms with Crippen molar-refractivity contribution >= 4 is 22.9 Å². The van der Waals surface area contributed by atoms with Crippen LogP contribution in [0.4, 0.5) is 10.1 Å². The van der Waals surface area contributed by atoms with Crippen LogP contribution in [0.15, 0.2) is 93.7 Å². The fourth-order valence-electron chi connectivity index (χ4n) is 3.41. The molecule has 3 aromatic heterocycles. The minimum atomic E-state index is -0.428. The van der Waals surface area contributed by atoms with Gasteiger partial charge in [0.1, 0.15) is 23.1 Å². The third-order valence-corrected chi connectivity index (χ3v) is 5.89. The first-order valence-corrected chi connectivity index (χ1v) is 11.2. The van der Waals surface area contributed by atoms with Crippen LogP contribution in [0.25, 0.3) is 33.3 Å². The molecule has 0 aliphatic carbocycles. The molecule has 7 nitrogen and oxygen atoms in total. The Morgan fingerprint density at radius 1 is 0.971 bits per heavy atom. The molecule has 0 unspecified atom stereocenters.